The van der Waals surface area contributed by atoms with Crippen molar-refractivity contribution in [1.29, 1.82) is 0 Å². The minimum Gasteiger partial charge on any atom is -1.00 e. The molecule has 1 aromatic heterocycles. The van der Waals surface area contributed by atoms with Crippen LogP contribution in [0.1, 0.15) is 38.6 Å². The first-order valence-corrected chi connectivity index (χ1v) is 8.28. The van der Waals surface area contributed by atoms with Crippen molar-refractivity contribution in [2.45, 2.75) is 40.2 Å². The summed E-state index contributed by atoms with van der Waals surface area (Å²) in [7, 11) is 0. The molecule has 21 heavy (non-hydrogen) atoms. The van der Waals surface area contributed by atoms with Crippen LogP contribution < -0.4 is 28.5 Å². The van der Waals surface area contributed by atoms with Crippen LogP contribution in [0.4, 0.5) is 0 Å². The van der Waals surface area contributed by atoms with Crippen molar-refractivity contribution in [3.05, 3.63) is 46.5 Å². The summed E-state index contributed by atoms with van der Waals surface area (Å²) >= 11 is 1.90. The van der Waals surface area contributed by atoms with E-state index in [2.05, 4.69) is 61.8 Å². The van der Waals surface area contributed by atoms with E-state index in [1.54, 1.807) is 0 Å². The van der Waals surface area contributed by atoms with Crippen LogP contribution in [0.15, 0.2) is 41.5 Å². The van der Waals surface area contributed by atoms with Crippen molar-refractivity contribution in [3.8, 4) is 0 Å². The fourth-order valence-electron chi connectivity index (χ4n) is 3.20. The lowest BCUT2D eigenvalue weighted by Crippen LogP contribution is -3.00. The van der Waals surface area contributed by atoms with Gasteiger partial charge in [0.25, 0.3) is 5.01 Å². The van der Waals surface area contributed by atoms with E-state index < -0.39 is 0 Å². The number of hydrogen-bond donors (Lipinski definition) is 0. The van der Waals surface area contributed by atoms with Gasteiger partial charge in [-0.05, 0) is 44.2 Å². The van der Waals surface area contributed by atoms with Crippen LogP contribution in [0.3, 0.4) is 0 Å². The molecule has 112 valence electrons. The number of benzene rings is 1. The number of aromatic nitrogens is 1. The summed E-state index contributed by atoms with van der Waals surface area (Å²) in [5.41, 5.74) is 4.35. The van der Waals surface area contributed by atoms with Gasteiger partial charge in [0.05, 0.1) is 0 Å². The Hall–Kier alpha value is -0.680. The van der Waals surface area contributed by atoms with Gasteiger partial charge in [0.15, 0.2) is 0 Å². The molecule has 1 aliphatic rings. The third kappa shape index (κ3) is 3.57. The predicted octanol–water partition coefficient (Wildman–Crippen LogP) is 1.97. The number of para-hydroxylation sites is 1. The molecule has 1 heterocycles. The SMILES string of the molecule is CC[n+]1c(/C=C2\C=C(C)CC(C)C2)sc2ccccc21.[I-]. The highest BCUT2D eigenvalue weighted by atomic mass is 127. The molecule has 0 fully saturated rings. The second kappa shape index (κ2) is 7.05. The van der Waals surface area contributed by atoms with Gasteiger partial charge in [-0.2, -0.15) is 4.57 Å². The number of aryl methyl sites for hydroxylation is 1. The van der Waals surface area contributed by atoms with Crippen molar-refractivity contribution in [3.63, 3.8) is 0 Å². The van der Waals surface area contributed by atoms with Crippen molar-refractivity contribution < 1.29 is 28.5 Å². The second-order valence-corrected chi connectivity index (χ2v) is 6.94. The molecule has 0 aliphatic heterocycles. The number of halogens is 1. The Kier molecular flexibility index (Phi) is 5.60. The smallest absolute Gasteiger partial charge is 0.263 e. The summed E-state index contributed by atoms with van der Waals surface area (Å²) in [5.74, 6) is 0.774. The highest BCUT2D eigenvalue weighted by molar-refractivity contribution is 7.18. The van der Waals surface area contributed by atoms with Gasteiger partial charge in [-0.25, -0.2) is 0 Å². The predicted molar refractivity (Wildman–Crippen MR) is 87.8 cm³/mol. The molecule has 0 bridgehead atoms. The highest BCUT2D eigenvalue weighted by Crippen LogP contribution is 2.30. The van der Waals surface area contributed by atoms with Crippen LogP contribution >= 0.6 is 11.3 Å². The van der Waals surface area contributed by atoms with Gasteiger partial charge in [0.2, 0.25) is 5.52 Å². The second-order valence-electron chi connectivity index (χ2n) is 5.88. The average Bonchev–Trinajstić information content (AvgIpc) is 2.74. The van der Waals surface area contributed by atoms with E-state index in [1.165, 1.54) is 39.2 Å². The van der Waals surface area contributed by atoms with Gasteiger partial charge >= 0.3 is 0 Å². The van der Waals surface area contributed by atoms with Crippen LogP contribution in [0.2, 0.25) is 0 Å². The maximum Gasteiger partial charge on any atom is 0.263 e. The zero-order valence-corrected chi connectivity index (χ0v) is 15.9. The molecule has 0 amide bonds. The molecule has 1 aromatic carbocycles. The van der Waals surface area contributed by atoms with E-state index in [4.69, 9.17) is 0 Å². The molecule has 1 atom stereocenters. The molecule has 2 aromatic rings. The molecule has 0 saturated carbocycles. The molecule has 0 N–H and O–H groups in total. The van der Waals surface area contributed by atoms with Gasteiger partial charge in [-0.1, -0.05) is 42.0 Å². The summed E-state index contributed by atoms with van der Waals surface area (Å²) in [6.07, 6.45) is 7.23. The van der Waals surface area contributed by atoms with Crippen molar-refractivity contribution >= 4 is 27.6 Å². The van der Waals surface area contributed by atoms with Crippen molar-refractivity contribution in [2.24, 2.45) is 5.92 Å². The molecule has 1 nitrogen and oxygen atoms in total. The molecule has 0 saturated heterocycles. The van der Waals surface area contributed by atoms with E-state index in [1.807, 2.05) is 11.3 Å². The van der Waals surface area contributed by atoms with Gasteiger partial charge < -0.3 is 24.0 Å². The largest absolute Gasteiger partial charge is 1.00 e. The molecular weight excluding hydrogens is 389 g/mol. The summed E-state index contributed by atoms with van der Waals surface area (Å²) < 4.78 is 3.81. The van der Waals surface area contributed by atoms with Crippen LogP contribution in [0, 0.1) is 5.92 Å². The number of allylic oxidation sites excluding steroid dienone is 3. The van der Waals surface area contributed by atoms with E-state index in [0.717, 1.165) is 12.5 Å². The fraction of sp³-hybridized carbons (Fsp3) is 0.389. The van der Waals surface area contributed by atoms with Gasteiger partial charge in [0.1, 0.15) is 11.2 Å². The normalized spacial score (nSPS) is 20.4. The third-order valence-electron chi connectivity index (χ3n) is 3.95. The zero-order valence-electron chi connectivity index (χ0n) is 12.9. The summed E-state index contributed by atoms with van der Waals surface area (Å²) in [6, 6.07) is 8.70. The first kappa shape index (κ1) is 16.7. The Bertz CT molecular complexity index is 696. The van der Waals surface area contributed by atoms with E-state index >= 15 is 0 Å². The first-order chi connectivity index (χ1) is 9.67. The Labute approximate surface area is 148 Å². The lowest BCUT2D eigenvalue weighted by molar-refractivity contribution is -0.665. The monoisotopic (exact) mass is 411 g/mol. The standard InChI is InChI=1S/C18H22NS.HI/c1-4-19-16-7-5-6-8-17(16)20-18(19)12-15-10-13(2)9-14(3)11-15;/h5-8,10,12,14H,4,9,11H2,1-3H3;1H/q+1;/p-1/b15-12+;. The number of fused-ring (bicyclic) bond motifs is 1. The maximum atomic E-state index is 2.43. The van der Waals surface area contributed by atoms with Crippen LogP contribution in [0.25, 0.3) is 16.3 Å². The molecule has 3 rings (SSSR count). The number of nitrogens with zero attached hydrogens (tertiary/aromatic N) is 1. The van der Waals surface area contributed by atoms with E-state index in [0.29, 0.717) is 0 Å². The molecule has 3 heteroatoms. The Morgan fingerprint density at radius 3 is 2.76 bits per heavy atom. The summed E-state index contributed by atoms with van der Waals surface area (Å²) in [5, 5.41) is 1.38. The van der Waals surface area contributed by atoms with Crippen molar-refractivity contribution in [2.75, 3.05) is 0 Å². The van der Waals surface area contributed by atoms with Gasteiger partial charge in [-0.3, -0.25) is 0 Å². The molecular formula is C18H22INS. The number of hydrogen-bond acceptors (Lipinski definition) is 1. The highest BCUT2D eigenvalue weighted by Gasteiger charge is 2.19. The lowest BCUT2D eigenvalue weighted by atomic mass is 9.88. The summed E-state index contributed by atoms with van der Waals surface area (Å²) in [4.78, 5) is 0. The molecule has 1 unspecified atom stereocenters. The molecule has 0 radical (unpaired) electrons. The molecule has 1 aliphatic carbocycles. The Morgan fingerprint density at radius 1 is 1.29 bits per heavy atom. The number of rotatable bonds is 2. The Balaban J connectivity index is 0.00000161. The van der Waals surface area contributed by atoms with E-state index in [9.17, 15) is 0 Å². The minimum absolute atomic E-state index is 0. The third-order valence-corrected chi connectivity index (χ3v) is 5.06. The minimum atomic E-state index is 0. The van der Waals surface area contributed by atoms with Crippen LogP contribution in [0.5, 0.6) is 0 Å². The fourth-order valence-corrected chi connectivity index (χ4v) is 4.41. The van der Waals surface area contributed by atoms with Crippen molar-refractivity contribution in [1.82, 2.24) is 0 Å². The average molecular weight is 411 g/mol. The van der Waals surface area contributed by atoms with Crippen LogP contribution in [-0.4, -0.2) is 0 Å². The maximum absolute atomic E-state index is 2.43. The topological polar surface area (TPSA) is 3.88 Å². The first-order valence-electron chi connectivity index (χ1n) is 7.46. The molecule has 0 spiro atoms. The number of thiazole rings is 1. The zero-order chi connectivity index (χ0) is 14.1. The Morgan fingerprint density at radius 2 is 2.05 bits per heavy atom. The van der Waals surface area contributed by atoms with E-state index in [-0.39, 0.29) is 24.0 Å². The summed E-state index contributed by atoms with van der Waals surface area (Å²) in [6.45, 7) is 7.86. The van der Waals surface area contributed by atoms with Gasteiger partial charge in [-0.15, -0.1) is 0 Å². The quantitative estimate of drug-likeness (QED) is 0.526. The van der Waals surface area contributed by atoms with Crippen LogP contribution in [-0.2, 0) is 6.54 Å². The lowest BCUT2D eigenvalue weighted by Gasteiger charge is -2.18. The van der Waals surface area contributed by atoms with Gasteiger partial charge in [0, 0.05) is 12.1 Å².